The third kappa shape index (κ3) is 6.80. The Hall–Kier alpha value is -4.67. The maximum atomic E-state index is 15.0. The maximum absolute atomic E-state index is 15.0. The highest BCUT2D eigenvalue weighted by atomic mass is 19.1. The number of halogens is 1. The molecule has 7 rings (SSSR count). The van der Waals surface area contributed by atoms with Gasteiger partial charge in [-0.15, -0.1) is 0 Å². The van der Waals surface area contributed by atoms with Gasteiger partial charge in [0, 0.05) is 48.6 Å². The van der Waals surface area contributed by atoms with Gasteiger partial charge in [0.2, 0.25) is 6.23 Å². The quantitative estimate of drug-likeness (QED) is 0.155. The van der Waals surface area contributed by atoms with Crippen LogP contribution in [0.2, 0.25) is 0 Å². The van der Waals surface area contributed by atoms with E-state index in [1.54, 1.807) is 6.07 Å². The Balaban J connectivity index is 1.03. The lowest BCUT2D eigenvalue weighted by molar-refractivity contribution is -0.376. The average molecular weight is 669 g/mol. The predicted octanol–water partition coefficient (Wildman–Crippen LogP) is 7.71. The first-order valence-electron chi connectivity index (χ1n) is 16.8. The summed E-state index contributed by atoms with van der Waals surface area (Å²) < 4.78 is 20.5. The van der Waals surface area contributed by atoms with Gasteiger partial charge in [0.05, 0.1) is 34.7 Å². The van der Waals surface area contributed by atoms with Gasteiger partial charge in [-0.1, -0.05) is 42.0 Å². The Morgan fingerprint density at radius 1 is 1.08 bits per heavy atom. The van der Waals surface area contributed by atoms with E-state index in [-0.39, 0.29) is 11.2 Å². The minimum atomic E-state index is -0.534. The summed E-state index contributed by atoms with van der Waals surface area (Å²) in [6.45, 7) is 10.0. The molecule has 2 aliphatic heterocycles. The molecule has 1 aromatic heterocycles. The van der Waals surface area contributed by atoms with Gasteiger partial charge in [-0.05, 0) is 87.3 Å². The molecular formula is C37H41FN6O5. The molecule has 11 nitrogen and oxygen atoms in total. The summed E-state index contributed by atoms with van der Waals surface area (Å²) in [5.74, 6) is 1.39. The molecule has 1 aliphatic carbocycles. The van der Waals surface area contributed by atoms with Crippen LogP contribution in [0.25, 0.3) is 11.1 Å². The number of aromatic nitrogens is 1. The van der Waals surface area contributed by atoms with Crippen LogP contribution in [0, 0.1) is 43.8 Å². The predicted molar refractivity (Wildman–Crippen MR) is 181 cm³/mol. The Morgan fingerprint density at radius 2 is 1.86 bits per heavy atom. The summed E-state index contributed by atoms with van der Waals surface area (Å²) in [6, 6.07) is 20.4. The number of nitrogens with one attached hydrogen (secondary N) is 2. The smallest absolute Gasteiger partial charge is 0.208 e. The first-order valence-corrected chi connectivity index (χ1v) is 16.8. The van der Waals surface area contributed by atoms with Crippen LogP contribution in [0.3, 0.4) is 0 Å². The number of fused-ring (bicyclic) bond motifs is 1. The van der Waals surface area contributed by atoms with Gasteiger partial charge in [0.1, 0.15) is 11.6 Å². The molecule has 3 aromatic carbocycles. The number of nitriles is 1. The molecule has 0 amide bonds. The van der Waals surface area contributed by atoms with Gasteiger partial charge in [-0.3, -0.25) is 9.68 Å². The van der Waals surface area contributed by atoms with Crippen LogP contribution in [0.5, 0.6) is 11.5 Å². The van der Waals surface area contributed by atoms with Gasteiger partial charge in [0.25, 0.3) is 0 Å². The molecule has 2 N–H and O–H groups in total. The number of anilines is 3. The van der Waals surface area contributed by atoms with E-state index in [2.05, 4.69) is 83.4 Å². The molecule has 0 radical (unpaired) electrons. The van der Waals surface area contributed by atoms with Crippen LogP contribution in [0.15, 0.2) is 59.1 Å². The highest BCUT2D eigenvalue weighted by molar-refractivity contribution is 5.76. The standard InChI is InChI=1S/C37H41FN6O5/c1-23(11-16-40-31-21-34-33(20-30(31)38)48-44(49-34)35-13-18-45-42-47-35)12-17-43(29-9-7-28(8-10-29)37(22-39)14-15-37)32-19-27(6-5-24(32)2)36-25(3)41-46-26(36)4/h5-10,19-21,23,35,40,42H,11-18H2,1-4H3. The number of hydroxylamine groups is 2. The van der Waals surface area contributed by atoms with Crippen LogP contribution in [0.1, 0.15) is 61.6 Å². The third-order valence-corrected chi connectivity index (χ3v) is 9.67. The van der Waals surface area contributed by atoms with E-state index in [1.165, 1.54) is 11.3 Å². The Morgan fingerprint density at radius 3 is 2.53 bits per heavy atom. The van der Waals surface area contributed by atoms with Crippen LogP contribution in [-0.2, 0) is 15.1 Å². The van der Waals surface area contributed by atoms with E-state index in [0.29, 0.717) is 36.9 Å². The van der Waals surface area contributed by atoms with Crippen molar-refractivity contribution in [3.8, 4) is 28.7 Å². The average Bonchev–Trinajstić information content (AvgIpc) is 3.70. The van der Waals surface area contributed by atoms with E-state index >= 15 is 4.39 Å². The molecule has 49 heavy (non-hydrogen) atoms. The minimum Gasteiger partial charge on any atom is -0.383 e. The topological polar surface area (TPSA) is 117 Å². The fourth-order valence-corrected chi connectivity index (χ4v) is 6.48. The summed E-state index contributed by atoms with van der Waals surface area (Å²) in [4.78, 5) is 24.0. The van der Waals surface area contributed by atoms with Gasteiger partial charge in [-0.2, -0.15) is 5.26 Å². The monoisotopic (exact) mass is 668 g/mol. The van der Waals surface area contributed by atoms with Gasteiger partial charge < -0.3 is 24.4 Å². The third-order valence-electron chi connectivity index (χ3n) is 9.67. The van der Waals surface area contributed by atoms with Crippen LogP contribution >= 0.6 is 0 Å². The van der Waals surface area contributed by atoms with Crippen molar-refractivity contribution < 1.29 is 28.3 Å². The first kappa shape index (κ1) is 32.9. The molecule has 4 aromatic rings. The van der Waals surface area contributed by atoms with E-state index in [0.717, 1.165) is 77.3 Å². The van der Waals surface area contributed by atoms with Crippen LogP contribution in [0.4, 0.5) is 21.5 Å². The zero-order valence-corrected chi connectivity index (χ0v) is 28.2. The van der Waals surface area contributed by atoms with Gasteiger partial charge in [0.15, 0.2) is 11.5 Å². The fraction of sp³-hybridized carbons (Fsp3) is 0.405. The molecule has 3 heterocycles. The number of nitrogens with zero attached hydrogens (tertiary/aromatic N) is 4. The molecule has 2 atom stereocenters. The van der Waals surface area contributed by atoms with Crippen molar-refractivity contribution in [2.75, 3.05) is 29.9 Å². The Bertz CT molecular complexity index is 1830. The van der Waals surface area contributed by atoms with Crippen molar-refractivity contribution >= 4 is 17.1 Å². The second kappa shape index (κ2) is 13.7. The zero-order valence-electron chi connectivity index (χ0n) is 28.2. The molecule has 1 saturated heterocycles. The summed E-state index contributed by atoms with van der Waals surface area (Å²) in [5, 5.41) is 18.4. The molecule has 0 bridgehead atoms. The van der Waals surface area contributed by atoms with Crippen molar-refractivity contribution in [1.29, 1.82) is 5.26 Å². The molecular weight excluding hydrogens is 627 g/mol. The lowest BCUT2D eigenvalue weighted by Gasteiger charge is -2.29. The number of rotatable bonds is 12. The zero-order chi connectivity index (χ0) is 34.1. The van der Waals surface area contributed by atoms with E-state index < -0.39 is 12.0 Å². The lowest BCUT2D eigenvalue weighted by atomic mass is 9.96. The van der Waals surface area contributed by atoms with Gasteiger partial charge >= 0.3 is 0 Å². The number of hydrogen-bond acceptors (Lipinski definition) is 11. The first-order chi connectivity index (χ1) is 23.7. The van der Waals surface area contributed by atoms with Crippen molar-refractivity contribution in [1.82, 2.24) is 16.0 Å². The summed E-state index contributed by atoms with van der Waals surface area (Å²) in [6.07, 6.45) is 3.54. The summed E-state index contributed by atoms with van der Waals surface area (Å²) in [7, 11) is 0. The van der Waals surface area contributed by atoms with Crippen molar-refractivity contribution in [2.24, 2.45) is 5.92 Å². The van der Waals surface area contributed by atoms with E-state index in [4.69, 9.17) is 23.9 Å². The maximum Gasteiger partial charge on any atom is 0.208 e. The SMILES string of the molecule is Cc1ccc(-c2c(C)noc2C)cc1N(CCC(C)CCNc1cc2c(cc1F)ON(C1CCONO1)O2)c1ccc(C2(C#N)CC2)cc1. The minimum absolute atomic E-state index is 0.285. The largest absolute Gasteiger partial charge is 0.383 e. The number of hydrogen-bond donors (Lipinski definition) is 2. The second-order valence-electron chi connectivity index (χ2n) is 13.2. The highest BCUT2D eigenvalue weighted by Gasteiger charge is 2.44. The second-order valence-corrected chi connectivity index (χ2v) is 13.2. The molecule has 12 heteroatoms. The van der Waals surface area contributed by atoms with Crippen LogP contribution in [-0.4, -0.2) is 36.3 Å². The molecule has 256 valence electrons. The van der Waals surface area contributed by atoms with E-state index in [9.17, 15) is 5.26 Å². The fourth-order valence-electron chi connectivity index (χ4n) is 6.48. The van der Waals surface area contributed by atoms with Crippen molar-refractivity contribution in [3.05, 3.63) is 83.0 Å². The highest BCUT2D eigenvalue weighted by Crippen LogP contribution is 2.48. The van der Waals surface area contributed by atoms with Crippen molar-refractivity contribution in [3.63, 3.8) is 0 Å². The molecule has 1 saturated carbocycles. The normalized spacial score (nSPS) is 18.6. The number of benzene rings is 3. The molecule has 2 unspecified atom stereocenters. The van der Waals surface area contributed by atoms with Crippen LogP contribution < -0.4 is 25.5 Å². The molecule has 3 aliphatic rings. The van der Waals surface area contributed by atoms with Crippen molar-refractivity contribution in [2.45, 2.75) is 71.4 Å². The Labute approximate surface area is 285 Å². The molecule has 2 fully saturated rings. The number of aryl methyl sites for hydroxylation is 3. The molecule has 0 spiro atoms. The summed E-state index contributed by atoms with van der Waals surface area (Å²) >= 11 is 0. The summed E-state index contributed by atoms with van der Waals surface area (Å²) in [5.41, 5.74) is 9.71. The lowest BCUT2D eigenvalue weighted by Crippen LogP contribution is -2.46. The Kier molecular flexibility index (Phi) is 9.17. The van der Waals surface area contributed by atoms with Gasteiger partial charge in [-0.25, -0.2) is 4.39 Å². The van der Waals surface area contributed by atoms with E-state index in [1.807, 2.05) is 13.8 Å².